The molecule has 0 heterocycles. The van der Waals surface area contributed by atoms with Crippen molar-refractivity contribution >= 4 is 27.8 Å². The van der Waals surface area contributed by atoms with Crippen molar-refractivity contribution in [3.8, 4) is 0 Å². The van der Waals surface area contributed by atoms with Gasteiger partial charge in [0.25, 0.3) is 5.91 Å². The van der Waals surface area contributed by atoms with Crippen LogP contribution in [-0.2, 0) is 4.79 Å². The molecule has 1 rings (SSSR count). The van der Waals surface area contributed by atoms with E-state index in [4.69, 9.17) is 5.11 Å². The predicted octanol–water partition coefficient (Wildman–Crippen LogP) is 2.72. The third kappa shape index (κ3) is 5.16. The molecule has 1 atom stereocenters. The van der Waals surface area contributed by atoms with Crippen molar-refractivity contribution in [3.05, 3.63) is 34.1 Å². The Labute approximate surface area is 118 Å². The number of amides is 1. The zero-order chi connectivity index (χ0) is 15.5. The van der Waals surface area contributed by atoms with Gasteiger partial charge in [-0.1, -0.05) is 15.9 Å². The molecular weight excluding hydrogens is 350 g/mol. The number of carbonyl (C=O) groups excluding carboxylic acids is 1. The van der Waals surface area contributed by atoms with Crippen LogP contribution in [0.3, 0.4) is 0 Å². The van der Waals surface area contributed by atoms with Crippen LogP contribution in [0.4, 0.5) is 17.6 Å². The monoisotopic (exact) mass is 357 g/mol. The molecule has 0 aliphatic heterocycles. The number of benzene rings is 1. The van der Waals surface area contributed by atoms with Crippen molar-refractivity contribution in [2.75, 3.05) is 0 Å². The fourth-order valence-corrected chi connectivity index (χ4v) is 1.82. The number of alkyl halides is 3. The first kappa shape index (κ1) is 16.4. The van der Waals surface area contributed by atoms with Crippen LogP contribution < -0.4 is 5.32 Å². The highest BCUT2D eigenvalue weighted by molar-refractivity contribution is 9.10. The van der Waals surface area contributed by atoms with Crippen molar-refractivity contribution in [2.24, 2.45) is 0 Å². The molecule has 0 aliphatic rings. The number of rotatable bonds is 4. The van der Waals surface area contributed by atoms with E-state index in [1.807, 2.05) is 0 Å². The molecule has 1 unspecified atom stereocenters. The summed E-state index contributed by atoms with van der Waals surface area (Å²) in [6, 6.07) is 0.850. The van der Waals surface area contributed by atoms with Crippen LogP contribution in [0, 0.1) is 5.82 Å². The van der Waals surface area contributed by atoms with Gasteiger partial charge in [0.2, 0.25) is 0 Å². The van der Waals surface area contributed by atoms with Gasteiger partial charge >= 0.3 is 12.1 Å². The summed E-state index contributed by atoms with van der Waals surface area (Å²) in [5, 5.41) is 10.3. The van der Waals surface area contributed by atoms with E-state index < -0.39 is 36.3 Å². The van der Waals surface area contributed by atoms with Gasteiger partial charge in [-0.05, 0) is 18.2 Å². The Balaban J connectivity index is 2.88. The van der Waals surface area contributed by atoms with E-state index in [9.17, 15) is 27.2 Å². The molecule has 1 amide bonds. The summed E-state index contributed by atoms with van der Waals surface area (Å²) in [5.74, 6) is -3.72. The van der Waals surface area contributed by atoms with Gasteiger partial charge in [0.15, 0.2) is 0 Å². The lowest BCUT2D eigenvalue weighted by atomic mass is 10.1. The Morgan fingerprint density at radius 2 is 1.90 bits per heavy atom. The summed E-state index contributed by atoms with van der Waals surface area (Å²) in [6.45, 7) is 0. The van der Waals surface area contributed by atoms with Crippen LogP contribution in [0.5, 0.6) is 0 Å². The summed E-state index contributed by atoms with van der Waals surface area (Å²) in [4.78, 5) is 22.3. The van der Waals surface area contributed by atoms with Gasteiger partial charge in [0.05, 0.1) is 6.42 Å². The minimum Gasteiger partial charge on any atom is -0.480 e. The topological polar surface area (TPSA) is 66.4 Å². The lowest BCUT2D eigenvalue weighted by molar-refractivity contribution is -0.157. The number of hydrogen-bond donors (Lipinski definition) is 2. The Kier molecular flexibility index (Phi) is 5.09. The first-order chi connectivity index (χ1) is 9.08. The van der Waals surface area contributed by atoms with Gasteiger partial charge in [0.1, 0.15) is 11.9 Å². The van der Waals surface area contributed by atoms with Crippen LogP contribution in [-0.4, -0.2) is 29.2 Å². The maximum atomic E-state index is 13.0. The molecule has 0 saturated carbocycles. The van der Waals surface area contributed by atoms with Crippen LogP contribution in [0.25, 0.3) is 0 Å². The average Bonchev–Trinajstić information content (AvgIpc) is 2.24. The molecule has 20 heavy (non-hydrogen) atoms. The summed E-state index contributed by atoms with van der Waals surface area (Å²) in [7, 11) is 0. The van der Waals surface area contributed by atoms with Crippen LogP contribution in [0.15, 0.2) is 22.7 Å². The van der Waals surface area contributed by atoms with Gasteiger partial charge in [-0.15, -0.1) is 0 Å². The summed E-state index contributed by atoms with van der Waals surface area (Å²) in [5.41, 5.74) is -0.287. The Morgan fingerprint density at radius 3 is 2.35 bits per heavy atom. The minimum atomic E-state index is -4.75. The van der Waals surface area contributed by atoms with Crippen molar-refractivity contribution in [3.63, 3.8) is 0 Å². The van der Waals surface area contributed by atoms with Crippen molar-refractivity contribution in [2.45, 2.75) is 18.6 Å². The SMILES string of the molecule is O=C(NC(CC(F)(F)F)C(=O)O)c1cc(F)cc(Br)c1. The molecular formula is C11H8BrF4NO3. The first-order valence-corrected chi connectivity index (χ1v) is 5.94. The van der Waals surface area contributed by atoms with Crippen molar-refractivity contribution in [1.29, 1.82) is 0 Å². The number of nitrogens with one attached hydrogen (secondary N) is 1. The molecule has 0 spiro atoms. The number of carboxylic acids is 1. The van der Waals surface area contributed by atoms with Gasteiger partial charge in [-0.3, -0.25) is 4.79 Å². The number of carboxylic acid groups (broad SMARTS) is 1. The van der Waals surface area contributed by atoms with Gasteiger partial charge in [-0.2, -0.15) is 13.2 Å². The molecule has 0 aromatic heterocycles. The molecule has 2 N–H and O–H groups in total. The summed E-state index contributed by atoms with van der Waals surface area (Å²) < 4.78 is 49.7. The molecule has 0 aliphatic carbocycles. The Hall–Kier alpha value is -1.64. The molecule has 1 aromatic carbocycles. The van der Waals surface area contributed by atoms with Gasteiger partial charge in [0, 0.05) is 10.0 Å². The molecule has 0 bridgehead atoms. The van der Waals surface area contributed by atoms with E-state index in [-0.39, 0.29) is 10.0 Å². The first-order valence-electron chi connectivity index (χ1n) is 5.15. The largest absolute Gasteiger partial charge is 0.480 e. The Bertz CT molecular complexity index is 513. The molecule has 1 aromatic rings. The van der Waals surface area contributed by atoms with E-state index >= 15 is 0 Å². The molecule has 9 heteroatoms. The smallest absolute Gasteiger partial charge is 0.391 e. The van der Waals surface area contributed by atoms with Crippen LogP contribution >= 0.6 is 15.9 Å². The van der Waals surface area contributed by atoms with Crippen LogP contribution in [0.1, 0.15) is 16.8 Å². The lowest BCUT2D eigenvalue weighted by Crippen LogP contribution is -2.43. The minimum absolute atomic E-state index is 0.199. The highest BCUT2D eigenvalue weighted by atomic mass is 79.9. The standard InChI is InChI=1S/C11H8BrF4NO3/c12-6-1-5(2-7(13)3-6)9(18)17-8(10(19)20)4-11(14,15)16/h1-3,8H,4H2,(H,17,18)(H,19,20). The van der Waals surface area contributed by atoms with E-state index in [1.165, 1.54) is 0 Å². The van der Waals surface area contributed by atoms with Gasteiger partial charge < -0.3 is 10.4 Å². The zero-order valence-corrected chi connectivity index (χ0v) is 11.3. The molecule has 0 fully saturated rings. The highest BCUT2D eigenvalue weighted by Gasteiger charge is 2.36. The number of carbonyl (C=O) groups is 2. The molecule has 0 saturated heterocycles. The Morgan fingerprint density at radius 1 is 1.30 bits per heavy atom. The second-order valence-electron chi connectivity index (χ2n) is 3.84. The van der Waals surface area contributed by atoms with Crippen molar-refractivity contribution in [1.82, 2.24) is 5.32 Å². The highest BCUT2D eigenvalue weighted by Crippen LogP contribution is 2.22. The number of hydrogen-bond acceptors (Lipinski definition) is 2. The van der Waals surface area contributed by atoms with E-state index in [2.05, 4.69) is 15.9 Å². The zero-order valence-electron chi connectivity index (χ0n) is 9.67. The molecule has 4 nitrogen and oxygen atoms in total. The van der Waals surface area contributed by atoms with Gasteiger partial charge in [-0.25, -0.2) is 9.18 Å². The number of aliphatic carboxylic acids is 1. The molecule has 0 radical (unpaired) electrons. The fraction of sp³-hybridized carbons (Fsp3) is 0.273. The number of halogens is 5. The average molecular weight is 358 g/mol. The third-order valence-corrected chi connectivity index (χ3v) is 2.62. The predicted molar refractivity (Wildman–Crippen MR) is 63.7 cm³/mol. The van der Waals surface area contributed by atoms with E-state index in [0.29, 0.717) is 0 Å². The quantitative estimate of drug-likeness (QED) is 0.814. The van der Waals surface area contributed by atoms with E-state index in [0.717, 1.165) is 18.2 Å². The summed E-state index contributed by atoms with van der Waals surface area (Å²) >= 11 is 2.91. The summed E-state index contributed by atoms with van der Waals surface area (Å²) in [6.07, 6.45) is -6.47. The molecule has 110 valence electrons. The van der Waals surface area contributed by atoms with Crippen molar-refractivity contribution < 1.29 is 32.3 Å². The third-order valence-electron chi connectivity index (χ3n) is 2.16. The second kappa shape index (κ2) is 6.21. The maximum absolute atomic E-state index is 13.0. The van der Waals surface area contributed by atoms with E-state index in [1.54, 1.807) is 5.32 Å². The lowest BCUT2D eigenvalue weighted by Gasteiger charge is -2.16. The second-order valence-corrected chi connectivity index (χ2v) is 4.76. The maximum Gasteiger partial charge on any atom is 0.391 e. The van der Waals surface area contributed by atoms with Crippen LogP contribution in [0.2, 0.25) is 0 Å². The fourth-order valence-electron chi connectivity index (χ4n) is 1.36. The normalized spacial score (nSPS) is 12.8.